The van der Waals surface area contributed by atoms with Crippen molar-refractivity contribution in [2.75, 3.05) is 0 Å². The fourth-order valence-corrected chi connectivity index (χ4v) is 3.30. The minimum Gasteiger partial charge on any atom is -0.488 e. The number of carboxylic acid groups (broad SMARTS) is 1. The third-order valence-corrected chi connectivity index (χ3v) is 4.59. The summed E-state index contributed by atoms with van der Waals surface area (Å²) in [4.78, 5) is 11.3. The summed E-state index contributed by atoms with van der Waals surface area (Å²) < 4.78 is 5.66. The third kappa shape index (κ3) is 2.25. The molecule has 4 rings (SSSR count). The molecule has 0 bridgehead atoms. The Morgan fingerprint density at radius 3 is 2.67 bits per heavy atom. The minimum atomic E-state index is -1.10. The van der Waals surface area contributed by atoms with Crippen LogP contribution in [-0.4, -0.2) is 21.3 Å². The number of carboxylic acids is 1. The van der Waals surface area contributed by atoms with Crippen LogP contribution in [-0.2, 0) is 6.61 Å². The summed E-state index contributed by atoms with van der Waals surface area (Å²) in [7, 11) is 0. The van der Waals surface area contributed by atoms with E-state index in [2.05, 4.69) is 10.2 Å². The molecule has 1 aliphatic rings. The molecule has 0 amide bonds. The van der Waals surface area contributed by atoms with Crippen molar-refractivity contribution in [1.29, 1.82) is 0 Å². The van der Waals surface area contributed by atoms with Crippen molar-refractivity contribution in [1.82, 2.24) is 10.2 Å². The van der Waals surface area contributed by atoms with Gasteiger partial charge in [-0.05, 0) is 12.1 Å². The van der Waals surface area contributed by atoms with Crippen LogP contribution in [0.1, 0.15) is 16.1 Å². The first kappa shape index (κ1) is 15.1. The maximum atomic E-state index is 11.3. The van der Waals surface area contributed by atoms with Crippen molar-refractivity contribution in [3.05, 3.63) is 57.7 Å². The first-order valence-corrected chi connectivity index (χ1v) is 7.84. The predicted octanol–water partition coefficient (Wildman–Crippen LogP) is 4.64. The minimum absolute atomic E-state index is 0.0371. The zero-order valence-electron chi connectivity index (χ0n) is 12.1. The van der Waals surface area contributed by atoms with Gasteiger partial charge in [0.1, 0.15) is 12.4 Å². The summed E-state index contributed by atoms with van der Waals surface area (Å²) in [5.74, 6) is -0.524. The molecule has 1 aromatic heterocycles. The highest BCUT2D eigenvalue weighted by molar-refractivity contribution is 6.36. The first-order chi connectivity index (χ1) is 11.6. The van der Waals surface area contributed by atoms with Gasteiger partial charge in [0.15, 0.2) is 5.69 Å². The number of nitrogens with zero attached hydrogens (tertiary/aromatic N) is 1. The summed E-state index contributed by atoms with van der Waals surface area (Å²) in [6, 6.07) is 10.9. The molecule has 2 heterocycles. The van der Waals surface area contributed by atoms with Gasteiger partial charge in [0, 0.05) is 27.8 Å². The van der Waals surface area contributed by atoms with Gasteiger partial charge in [0.25, 0.3) is 0 Å². The maximum absolute atomic E-state index is 11.3. The number of halogens is 2. The van der Waals surface area contributed by atoms with Gasteiger partial charge in [0.05, 0.1) is 16.3 Å². The molecular formula is C17H10Cl2N2O3. The number of fused-ring (bicyclic) bond motifs is 3. The summed E-state index contributed by atoms with van der Waals surface area (Å²) in [6.07, 6.45) is 0. The van der Waals surface area contributed by atoms with Crippen molar-refractivity contribution in [2.45, 2.75) is 6.61 Å². The van der Waals surface area contributed by atoms with Gasteiger partial charge in [0.2, 0.25) is 0 Å². The van der Waals surface area contributed by atoms with Gasteiger partial charge in [-0.3, -0.25) is 5.10 Å². The Hall–Kier alpha value is -2.50. The summed E-state index contributed by atoms with van der Waals surface area (Å²) >= 11 is 12.7. The van der Waals surface area contributed by atoms with Crippen molar-refractivity contribution in [2.24, 2.45) is 0 Å². The second-order valence-corrected chi connectivity index (χ2v) is 6.14. The van der Waals surface area contributed by atoms with Crippen molar-refractivity contribution in [3.63, 3.8) is 0 Å². The molecule has 2 N–H and O–H groups in total. The van der Waals surface area contributed by atoms with E-state index in [9.17, 15) is 9.90 Å². The fraction of sp³-hybridized carbons (Fsp3) is 0.0588. The lowest BCUT2D eigenvalue weighted by molar-refractivity contribution is 0.0687. The quantitative estimate of drug-likeness (QED) is 0.697. The molecule has 0 fully saturated rings. The molecular weight excluding hydrogens is 351 g/mol. The Kier molecular flexibility index (Phi) is 3.48. The molecule has 24 heavy (non-hydrogen) atoms. The lowest BCUT2D eigenvalue weighted by atomic mass is 9.97. The zero-order chi connectivity index (χ0) is 16.8. The molecule has 7 heteroatoms. The Balaban J connectivity index is 1.93. The largest absolute Gasteiger partial charge is 0.488 e. The van der Waals surface area contributed by atoms with Crippen LogP contribution in [0.15, 0.2) is 36.4 Å². The van der Waals surface area contributed by atoms with Crippen LogP contribution in [0.25, 0.3) is 22.4 Å². The highest BCUT2D eigenvalue weighted by Crippen LogP contribution is 2.44. The number of aromatic nitrogens is 2. The molecule has 0 saturated carbocycles. The Morgan fingerprint density at radius 1 is 1.12 bits per heavy atom. The highest BCUT2D eigenvalue weighted by atomic mass is 35.5. The van der Waals surface area contributed by atoms with Gasteiger partial charge in [-0.15, -0.1) is 0 Å². The SMILES string of the molecule is O=C(O)c1n[nH]c2c1COc1cc(Cl)c(-c3ccccc3Cl)cc1-2. The number of nitrogens with one attached hydrogen (secondary N) is 1. The van der Waals surface area contributed by atoms with E-state index in [0.29, 0.717) is 32.6 Å². The first-order valence-electron chi connectivity index (χ1n) is 7.08. The standard InChI is InChI=1S/C17H10Cl2N2O3/c18-12-4-2-1-3-8(12)9-5-10-14(6-13(9)19)24-7-11-15(10)20-21-16(11)17(22)23/h1-6H,7H2,(H,20,21)(H,22,23). The van der Waals surface area contributed by atoms with Crippen molar-refractivity contribution < 1.29 is 14.6 Å². The Morgan fingerprint density at radius 2 is 1.92 bits per heavy atom. The number of aromatic carboxylic acids is 1. The molecule has 1 aliphatic heterocycles. The smallest absolute Gasteiger partial charge is 0.356 e. The summed E-state index contributed by atoms with van der Waals surface area (Å²) in [5.41, 5.74) is 3.34. The second kappa shape index (κ2) is 5.54. The highest BCUT2D eigenvalue weighted by Gasteiger charge is 2.27. The average Bonchev–Trinajstić information content (AvgIpc) is 2.99. The van der Waals surface area contributed by atoms with E-state index in [1.54, 1.807) is 12.1 Å². The number of ether oxygens (including phenoxy) is 1. The summed E-state index contributed by atoms with van der Waals surface area (Å²) in [6.45, 7) is 0.127. The van der Waals surface area contributed by atoms with E-state index in [4.69, 9.17) is 27.9 Å². The van der Waals surface area contributed by atoms with Crippen LogP contribution in [0, 0.1) is 0 Å². The van der Waals surface area contributed by atoms with E-state index in [1.165, 1.54) is 0 Å². The van der Waals surface area contributed by atoms with Gasteiger partial charge < -0.3 is 9.84 Å². The number of rotatable bonds is 2. The Labute approximate surface area is 146 Å². The van der Waals surface area contributed by atoms with E-state index < -0.39 is 5.97 Å². The number of aromatic amines is 1. The molecule has 0 spiro atoms. The second-order valence-electron chi connectivity index (χ2n) is 5.33. The molecule has 0 radical (unpaired) electrons. The fourth-order valence-electron chi connectivity index (χ4n) is 2.81. The van der Waals surface area contributed by atoms with Gasteiger partial charge in [-0.2, -0.15) is 5.10 Å². The Bertz CT molecular complexity index is 982. The zero-order valence-corrected chi connectivity index (χ0v) is 13.6. The lowest BCUT2D eigenvalue weighted by Gasteiger charge is -2.19. The number of hydrogen-bond acceptors (Lipinski definition) is 3. The van der Waals surface area contributed by atoms with Gasteiger partial charge in [-0.25, -0.2) is 4.79 Å². The third-order valence-electron chi connectivity index (χ3n) is 3.94. The average molecular weight is 361 g/mol. The lowest BCUT2D eigenvalue weighted by Crippen LogP contribution is -2.09. The monoisotopic (exact) mass is 360 g/mol. The number of hydrogen-bond donors (Lipinski definition) is 2. The van der Waals surface area contributed by atoms with Crippen LogP contribution in [0.3, 0.4) is 0 Å². The van der Waals surface area contributed by atoms with Gasteiger partial charge >= 0.3 is 5.97 Å². The van der Waals surface area contributed by atoms with E-state index in [0.717, 1.165) is 11.1 Å². The van der Waals surface area contributed by atoms with Gasteiger partial charge in [-0.1, -0.05) is 41.4 Å². The van der Waals surface area contributed by atoms with E-state index in [-0.39, 0.29) is 12.3 Å². The molecule has 2 aromatic carbocycles. The van der Waals surface area contributed by atoms with Crippen LogP contribution in [0.5, 0.6) is 5.75 Å². The predicted molar refractivity (Wildman–Crippen MR) is 90.8 cm³/mol. The van der Waals surface area contributed by atoms with Crippen LogP contribution >= 0.6 is 23.2 Å². The van der Waals surface area contributed by atoms with E-state index >= 15 is 0 Å². The van der Waals surface area contributed by atoms with E-state index in [1.807, 2.05) is 24.3 Å². The molecule has 0 unspecified atom stereocenters. The molecule has 0 atom stereocenters. The number of carbonyl (C=O) groups is 1. The molecule has 3 aromatic rings. The van der Waals surface area contributed by atoms with Crippen LogP contribution < -0.4 is 4.74 Å². The summed E-state index contributed by atoms with van der Waals surface area (Å²) in [5, 5.41) is 17.0. The molecule has 120 valence electrons. The number of H-pyrrole nitrogens is 1. The maximum Gasteiger partial charge on any atom is 0.356 e. The topological polar surface area (TPSA) is 75.2 Å². The molecule has 5 nitrogen and oxygen atoms in total. The van der Waals surface area contributed by atoms with Crippen LogP contribution in [0.4, 0.5) is 0 Å². The van der Waals surface area contributed by atoms with Crippen molar-refractivity contribution in [3.8, 4) is 28.1 Å². The van der Waals surface area contributed by atoms with Crippen LogP contribution in [0.2, 0.25) is 10.0 Å². The normalized spacial score (nSPS) is 12.2. The number of benzene rings is 2. The molecule has 0 saturated heterocycles. The van der Waals surface area contributed by atoms with Crippen molar-refractivity contribution >= 4 is 29.2 Å². The molecule has 0 aliphatic carbocycles.